The van der Waals surface area contributed by atoms with Crippen molar-refractivity contribution >= 4 is 0 Å². The zero-order valence-electron chi connectivity index (χ0n) is 9.72. The van der Waals surface area contributed by atoms with Gasteiger partial charge in [0, 0.05) is 12.6 Å². The summed E-state index contributed by atoms with van der Waals surface area (Å²) in [6.45, 7) is 6.54. The molecule has 84 valence electrons. The molecule has 1 rings (SSSR count). The normalized spacial score (nSPS) is 27.0. The van der Waals surface area contributed by atoms with E-state index in [2.05, 4.69) is 19.2 Å². The summed E-state index contributed by atoms with van der Waals surface area (Å²) >= 11 is 0. The van der Waals surface area contributed by atoms with Gasteiger partial charge in [0.15, 0.2) is 0 Å². The van der Waals surface area contributed by atoms with Crippen LogP contribution in [0, 0.1) is 0 Å². The summed E-state index contributed by atoms with van der Waals surface area (Å²) in [6, 6.07) is 0.612. The molecule has 0 aromatic carbocycles. The van der Waals surface area contributed by atoms with Gasteiger partial charge >= 0.3 is 0 Å². The van der Waals surface area contributed by atoms with Crippen LogP contribution in [0.15, 0.2) is 0 Å². The van der Waals surface area contributed by atoms with E-state index in [9.17, 15) is 0 Å². The van der Waals surface area contributed by atoms with Gasteiger partial charge in [-0.25, -0.2) is 0 Å². The average Bonchev–Trinajstić information content (AvgIpc) is 2.58. The predicted octanol–water partition coefficient (Wildman–Crippen LogP) is 2.72. The Kier molecular flexibility index (Phi) is 6.20. The molecule has 0 bridgehead atoms. The molecule has 1 aliphatic heterocycles. The minimum absolute atomic E-state index is 0.422. The van der Waals surface area contributed by atoms with E-state index in [1.54, 1.807) is 0 Å². The summed E-state index contributed by atoms with van der Waals surface area (Å²) in [4.78, 5) is 0. The Morgan fingerprint density at radius 3 is 2.64 bits per heavy atom. The van der Waals surface area contributed by atoms with Crippen molar-refractivity contribution in [3.8, 4) is 0 Å². The summed E-state index contributed by atoms with van der Waals surface area (Å²) in [5, 5.41) is 3.58. The van der Waals surface area contributed by atoms with Gasteiger partial charge in [-0.2, -0.15) is 0 Å². The molecule has 1 N–H and O–H groups in total. The molecule has 1 heterocycles. The molecule has 2 atom stereocenters. The lowest BCUT2D eigenvalue weighted by molar-refractivity contribution is 0.113. The second kappa shape index (κ2) is 7.24. The van der Waals surface area contributed by atoms with E-state index in [0.717, 1.165) is 6.61 Å². The zero-order valence-corrected chi connectivity index (χ0v) is 9.72. The maximum Gasteiger partial charge on any atom is 0.0700 e. The summed E-state index contributed by atoms with van der Waals surface area (Å²) in [6.07, 6.45) is 8.44. The predicted molar refractivity (Wildman–Crippen MR) is 60.6 cm³/mol. The van der Waals surface area contributed by atoms with Crippen molar-refractivity contribution in [3.05, 3.63) is 0 Å². The third kappa shape index (κ3) is 4.43. The van der Waals surface area contributed by atoms with E-state index in [0.29, 0.717) is 12.1 Å². The van der Waals surface area contributed by atoms with E-state index in [1.165, 1.54) is 45.1 Å². The van der Waals surface area contributed by atoms with Crippen molar-refractivity contribution < 1.29 is 4.74 Å². The molecular weight excluding hydrogens is 174 g/mol. The van der Waals surface area contributed by atoms with E-state index in [1.807, 2.05) is 0 Å². The summed E-state index contributed by atoms with van der Waals surface area (Å²) in [7, 11) is 0. The second-order valence-electron chi connectivity index (χ2n) is 4.34. The fourth-order valence-corrected chi connectivity index (χ4v) is 2.02. The highest BCUT2D eigenvalue weighted by molar-refractivity contribution is 4.78. The second-order valence-corrected chi connectivity index (χ2v) is 4.34. The van der Waals surface area contributed by atoms with Crippen molar-refractivity contribution in [1.29, 1.82) is 0 Å². The molecule has 0 aromatic rings. The van der Waals surface area contributed by atoms with Crippen molar-refractivity contribution in [1.82, 2.24) is 5.32 Å². The number of hydrogen-bond donors (Lipinski definition) is 1. The smallest absolute Gasteiger partial charge is 0.0700 e. The van der Waals surface area contributed by atoms with E-state index >= 15 is 0 Å². The Morgan fingerprint density at radius 1 is 1.21 bits per heavy atom. The molecular formula is C12H25NO. The SMILES string of the molecule is CCCCCCCNC1CCOC1C. The number of unbranched alkanes of at least 4 members (excludes halogenated alkanes) is 4. The number of rotatable bonds is 7. The molecule has 1 fully saturated rings. The standard InChI is InChI=1S/C12H25NO/c1-3-4-5-6-7-9-13-12-8-10-14-11(12)2/h11-13H,3-10H2,1-2H3. The van der Waals surface area contributed by atoms with Crippen molar-refractivity contribution in [2.45, 2.75) is 64.5 Å². The fraction of sp³-hybridized carbons (Fsp3) is 1.00. The van der Waals surface area contributed by atoms with E-state index < -0.39 is 0 Å². The molecule has 0 saturated carbocycles. The molecule has 0 aromatic heterocycles. The van der Waals surface area contributed by atoms with Crippen molar-refractivity contribution in [2.24, 2.45) is 0 Å². The van der Waals surface area contributed by atoms with Crippen LogP contribution in [0.3, 0.4) is 0 Å². The molecule has 2 heteroatoms. The van der Waals surface area contributed by atoms with Crippen molar-refractivity contribution in [3.63, 3.8) is 0 Å². The first kappa shape index (κ1) is 12.0. The van der Waals surface area contributed by atoms with Gasteiger partial charge in [0.1, 0.15) is 0 Å². The number of ether oxygens (including phenoxy) is 1. The Morgan fingerprint density at radius 2 is 2.00 bits per heavy atom. The maximum absolute atomic E-state index is 5.50. The molecule has 2 unspecified atom stereocenters. The van der Waals surface area contributed by atoms with Crippen molar-refractivity contribution in [2.75, 3.05) is 13.2 Å². The Bertz CT molecular complexity index is 138. The fourth-order valence-electron chi connectivity index (χ4n) is 2.02. The minimum Gasteiger partial charge on any atom is -0.377 e. The van der Waals surface area contributed by atoms with Crippen LogP contribution in [0.4, 0.5) is 0 Å². The van der Waals surface area contributed by atoms with Crippen LogP contribution in [0.1, 0.15) is 52.4 Å². The lowest BCUT2D eigenvalue weighted by Gasteiger charge is -2.15. The first-order valence-corrected chi connectivity index (χ1v) is 6.19. The molecule has 0 aliphatic carbocycles. The lowest BCUT2D eigenvalue weighted by atomic mass is 10.1. The van der Waals surface area contributed by atoms with Crippen LogP contribution >= 0.6 is 0 Å². The van der Waals surface area contributed by atoms with Crippen LogP contribution in [-0.2, 0) is 4.74 Å². The highest BCUT2D eigenvalue weighted by Crippen LogP contribution is 2.12. The minimum atomic E-state index is 0.422. The quantitative estimate of drug-likeness (QED) is 0.637. The molecule has 1 saturated heterocycles. The Hall–Kier alpha value is -0.0800. The highest BCUT2D eigenvalue weighted by atomic mass is 16.5. The summed E-state index contributed by atoms with van der Waals surface area (Å²) < 4.78 is 5.50. The van der Waals surface area contributed by atoms with Crippen LogP contribution in [0.5, 0.6) is 0 Å². The van der Waals surface area contributed by atoms with Gasteiger partial charge in [-0.15, -0.1) is 0 Å². The third-order valence-corrected chi connectivity index (χ3v) is 3.06. The topological polar surface area (TPSA) is 21.3 Å². The van der Waals surface area contributed by atoms with Crippen LogP contribution in [0.2, 0.25) is 0 Å². The largest absolute Gasteiger partial charge is 0.377 e. The van der Waals surface area contributed by atoms with Crippen LogP contribution in [-0.4, -0.2) is 25.3 Å². The molecule has 2 nitrogen and oxygen atoms in total. The lowest BCUT2D eigenvalue weighted by Crippen LogP contribution is -2.35. The third-order valence-electron chi connectivity index (χ3n) is 3.06. The first-order valence-electron chi connectivity index (χ1n) is 6.19. The zero-order chi connectivity index (χ0) is 10.2. The summed E-state index contributed by atoms with van der Waals surface area (Å²) in [5.41, 5.74) is 0. The Labute approximate surface area is 88.4 Å². The molecule has 0 radical (unpaired) electrons. The first-order chi connectivity index (χ1) is 6.84. The van der Waals surface area contributed by atoms with Gasteiger partial charge in [-0.3, -0.25) is 0 Å². The van der Waals surface area contributed by atoms with E-state index in [4.69, 9.17) is 4.74 Å². The molecule has 14 heavy (non-hydrogen) atoms. The molecule has 1 aliphatic rings. The van der Waals surface area contributed by atoms with Gasteiger partial charge in [0.2, 0.25) is 0 Å². The number of nitrogens with one attached hydrogen (secondary N) is 1. The van der Waals surface area contributed by atoms with E-state index in [-0.39, 0.29) is 0 Å². The number of hydrogen-bond acceptors (Lipinski definition) is 2. The van der Waals surface area contributed by atoms with Gasteiger partial charge in [-0.1, -0.05) is 32.6 Å². The van der Waals surface area contributed by atoms with Crippen LogP contribution in [0.25, 0.3) is 0 Å². The van der Waals surface area contributed by atoms with Gasteiger partial charge in [0.05, 0.1) is 6.10 Å². The Balaban J connectivity index is 1.88. The van der Waals surface area contributed by atoms with Crippen LogP contribution < -0.4 is 5.32 Å². The van der Waals surface area contributed by atoms with Gasteiger partial charge in [0.25, 0.3) is 0 Å². The highest BCUT2D eigenvalue weighted by Gasteiger charge is 2.22. The molecule has 0 amide bonds. The van der Waals surface area contributed by atoms with Gasteiger partial charge in [-0.05, 0) is 26.3 Å². The monoisotopic (exact) mass is 199 g/mol. The summed E-state index contributed by atoms with van der Waals surface area (Å²) in [5.74, 6) is 0. The van der Waals surface area contributed by atoms with Gasteiger partial charge < -0.3 is 10.1 Å². The average molecular weight is 199 g/mol. The molecule has 0 spiro atoms. The maximum atomic E-state index is 5.50.